The molecular formula is C16H18F2N2O. The van der Waals surface area contributed by atoms with Crippen molar-refractivity contribution in [1.29, 1.82) is 0 Å². The third-order valence-corrected chi connectivity index (χ3v) is 3.62. The van der Waals surface area contributed by atoms with Gasteiger partial charge in [0.15, 0.2) is 0 Å². The molecule has 0 bridgehead atoms. The molecule has 1 aromatic carbocycles. The first-order chi connectivity index (χ1) is 10.3. The quantitative estimate of drug-likeness (QED) is 0.789. The molecule has 0 atom stereocenters. The summed E-state index contributed by atoms with van der Waals surface area (Å²) in [5.41, 5.74) is 0.629. The molecule has 21 heavy (non-hydrogen) atoms. The summed E-state index contributed by atoms with van der Waals surface area (Å²) in [6, 6.07) is 3.89. The molecular weight excluding hydrogens is 274 g/mol. The number of nitrogens with zero attached hydrogens (tertiary/aromatic N) is 1. The van der Waals surface area contributed by atoms with Crippen LogP contribution in [-0.2, 0) is 4.74 Å². The molecule has 0 aliphatic heterocycles. The smallest absolute Gasteiger partial charge is 0.149 e. The van der Waals surface area contributed by atoms with Crippen LogP contribution < -0.4 is 5.32 Å². The summed E-state index contributed by atoms with van der Waals surface area (Å²) in [7, 11) is 0. The maximum Gasteiger partial charge on any atom is 0.149 e. The van der Waals surface area contributed by atoms with E-state index in [1.54, 1.807) is 6.07 Å². The number of benzene rings is 1. The minimum atomic E-state index is -0.511. The van der Waals surface area contributed by atoms with E-state index >= 15 is 0 Å². The monoisotopic (exact) mass is 292 g/mol. The number of aromatic nitrogens is 1. The Bertz CT molecular complexity index is 629. The van der Waals surface area contributed by atoms with E-state index < -0.39 is 11.6 Å². The lowest BCUT2D eigenvalue weighted by atomic mass is 10.1. The highest BCUT2D eigenvalue weighted by molar-refractivity contribution is 5.91. The fraction of sp³-hybridized carbons (Fsp3) is 0.438. The zero-order chi connectivity index (χ0) is 14.7. The van der Waals surface area contributed by atoms with Crippen LogP contribution in [0.2, 0.25) is 0 Å². The Morgan fingerprint density at radius 1 is 1.19 bits per heavy atom. The van der Waals surface area contributed by atoms with Gasteiger partial charge in [0, 0.05) is 31.6 Å². The van der Waals surface area contributed by atoms with Crippen LogP contribution in [0.15, 0.2) is 24.4 Å². The molecule has 112 valence electrons. The van der Waals surface area contributed by atoms with E-state index in [1.807, 2.05) is 0 Å². The molecule has 0 saturated heterocycles. The van der Waals surface area contributed by atoms with Gasteiger partial charge in [-0.25, -0.2) is 8.78 Å². The lowest BCUT2D eigenvalue weighted by Gasteiger charge is -2.10. The Morgan fingerprint density at radius 3 is 2.81 bits per heavy atom. The van der Waals surface area contributed by atoms with Crippen LogP contribution in [0.4, 0.5) is 14.5 Å². The van der Waals surface area contributed by atoms with E-state index in [9.17, 15) is 8.78 Å². The van der Waals surface area contributed by atoms with Crippen LogP contribution >= 0.6 is 0 Å². The molecule has 1 aliphatic carbocycles. The molecule has 2 aromatic rings. The summed E-state index contributed by atoms with van der Waals surface area (Å²) in [5, 5.41) is 3.34. The van der Waals surface area contributed by atoms with Crippen molar-refractivity contribution >= 4 is 16.6 Å². The van der Waals surface area contributed by atoms with Gasteiger partial charge in [0.25, 0.3) is 0 Å². The number of halogens is 2. The standard InChI is InChI=1S/C16H18F2N2O/c17-12-4-5-13(18)16-15(12)14(6-8-20-16)19-7-1-9-21-10-11-2-3-11/h4-6,8,11H,1-3,7,9-10H2,(H,19,20). The van der Waals surface area contributed by atoms with Crippen molar-refractivity contribution in [3.63, 3.8) is 0 Å². The molecule has 3 nitrogen and oxygen atoms in total. The van der Waals surface area contributed by atoms with Crippen LogP contribution in [0.3, 0.4) is 0 Å². The van der Waals surface area contributed by atoms with Crippen LogP contribution in [0.1, 0.15) is 19.3 Å². The van der Waals surface area contributed by atoms with E-state index in [0.717, 1.165) is 31.1 Å². The fourth-order valence-corrected chi connectivity index (χ4v) is 2.27. The summed E-state index contributed by atoms with van der Waals surface area (Å²) in [6.07, 6.45) is 4.88. The largest absolute Gasteiger partial charge is 0.384 e. The number of pyridine rings is 1. The van der Waals surface area contributed by atoms with Gasteiger partial charge in [-0.1, -0.05) is 0 Å². The maximum absolute atomic E-state index is 13.9. The summed E-state index contributed by atoms with van der Waals surface area (Å²) < 4.78 is 33.1. The molecule has 0 unspecified atom stereocenters. The lowest BCUT2D eigenvalue weighted by molar-refractivity contribution is 0.124. The lowest BCUT2D eigenvalue weighted by Crippen LogP contribution is -2.08. The Kier molecular flexibility index (Phi) is 4.29. The second-order valence-corrected chi connectivity index (χ2v) is 5.41. The summed E-state index contributed by atoms with van der Waals surface area (Å²) in [6.45, 7) is 2.18. The average molecular weight is 292 g/mol. The van der Waals surface area contributed by atoms with Crippen molar-refractivity contribution in [3.8, 4) is 0 Å². The summed E-state index contributed by atoms with van der Waals surface area (Å²) >= 11 is 0. The van der Waals surface area contributed by atoms with Gasteiger partial charge >= 0.3 is 0 Å². The summed E-state index contributed by atoms with van der Waals surface area (Å²) in [5.74, 6) is -0.214. The number of fused-ring (bicyclic) bond motifs is 1. The maximum atomic E-state index is 13.9. The second-order valence-electron chi connectivity index (χ2n) is 5.41. The first-order valence-electron chi connectivity index (χ1n) is 7.30. The Labute approximate surface area is 122 Å². The number of anilines is 1. The highest BCUT2D eigenvalue weighted by Gasteiger charge is 2.20. The zero-order valence-electron chi connectivity index (χ0n) is 11.7. The first-order valence-corrected chi connectivity index (χ1v) is 7.30. The van der Waals surface area contributed by atoms with E-state index in [2.05, 4.69) is 10.3 Å². The van der Waals surface area contributed by atoms with Crippen molar-refractivity contribution in [2.24, 2.45) is 5.92 Å². The summed E-state index contributed by atoms with van der Waals surface area (Å²) in [4.78, 5) is 3.91. The molecule has 1 fully saturated rings. The normalized spacial score (nSPS) is 14.6. The Balaban J connectivity index is 1.59. The molecule has 1 saturated carbocycles. The van der Waals surface area contributed by atoms with Crippen molar-refractivity contribution in [2.75, 3.05) is 25.1 Å². The minimum Gasteiger partial charge on any atom is -0.384 e. The van der Waals surface area contributed by atoms with E-state index in [-0.39, 0.29) is 10.9 Å². The van der Waals surface area contributed by atoms with Gasteiger partial charge in [-0.3, -0.25) is 4.98 Å². The van der Waals surface area contributed by atoms with Gasteiger partial charge in [0.1, 0.15) is 17.2 Å². The topological polar surface area (TPSA) is 34.1 Å². The number of nitrogens with one attached hydrogen (secondary N) is 1. The molecule has 1 heterocycles. The minimum absolute atomic E-state index is 0.0602. The van der Waals surface area contributed by atoms with Crippen LogP contribution in [0.5, 0.6) is 0 Å². The second kappa shape index (κ2) is 6.35. The fourth-order valence-electron chi connectivity index (χ4n) is 2.27. The van der Waals surface area contributed by atoms with E-state index in [1.165, 1.54) is 19.0 Å². The van der Waals surface area contributed by atoms with Crippen LogP contribution in [0, 0.1) is 17.6 Å². The van der Waals surface area contributed by atoms with Crippen LogP contribution in [-0.4, -0.2) is 24.7 Å². The van der Waals surface area contributed by atoms with Crippen LogP contribution in [0.25, 0.3) is 10.9 Å². The molecule has 5 heteroatoms. The Morgan fingerprint density at radius 2 is 2.00 bits per heavy atom. The van der Waals surface area contributed by atoms with Gasteiger partial charge in [-0.2, -0.15) is 0 Å². The third-order valence-electron chi connectivity index (χ3n) is 3.62. The van der Waals surface area contributed by atoms with Crippen molar-refractivity contribution in [2.45, 2.75) is 19.3 Å². The Hall–Kier alpha value is -1.75. The molecule has 1 aromatic heterocycles. The van der Waals surface area contributed by atoms with Crippen molar-refractivity contribution in [1.82, 2.24) is 4.98 Å². The first kappa shape index (κ1) is 14.2. The average Bonchev–Trinajstić information content (AvgIpc) is 3.31. The number of hydrogen-bond acceptors (Lipinski definition) is 3. The van der Waals surface area contributed by atoms with Gasteiger partial charge < -0.3 is 10.1 Å². The van der Waals surface area contributed by atoms with Crippen molar-refractivity contribution in [3.05, 3.63) is 36.0 Å². The van der Waals surface area contributed by atoms with E-state index in [0.29, 0.717) is 18.8 Å². The third kappa shape index (κ3) is 3.47. The molecule has 1 N–H and O–H groups in total. The molecule has 0 radical (unpaired) electrons. The molecule has 0 spiro atoms. The van der Waals surface area contributed by atoms with Gasteiger partial charge in [0.05, 0.1) is 5.39 Å². The van der Waals surface area contributed by atoms with Gasteiger partial charge in [-0.05, 0) is 43.4 Å². The highest BCUT2D eigenvalue weighted by Crippen LogP contribution is 2.29. The highest BCUT2D eigenvalue weighted by atomic mass is 19.1. The predicted molar refractivity (Wildman–Crippen MR) is 78.3 cm³/mol. The van der Waals surface area contributed by atoms with Gasteiger partial charge in [0.2, 0.25) is 0 Å². The number of rotatable bonds is 7. The molecule has 0 amide bonds. The van der Waals surface area contributed by atoms with E-state index in [4.69, 9.17) is 4.74 Å². The predicted octanol–water partition coefficient (Wildman–Crippen LogP) is 3.74. The van der Waals surface area contributed by atoms with Crippen molar-refractivity contribution < 1.29 is 13.5 Å². The van der Waals surface area contributed by atoms with Gasteiger partial charge in [-0.15, -0.1) is 0 Å². The molecule has 3 rings (SSSR count). The number of hydrogen-bond donors (Lipinski definition) is 1. The number of ether oxygens (including phenoxy) is 1. The SMILES string of the molecule is Fc1ccc(F)c2c(NCCCOCC3CC3)ccnc12. The molecule has 1 aliphatic rings. The zero-order valence-corrected chi connectivity index (χ0v) is 11.7.